The minimum atomic E-state index is -0.827. The second-order valence-electron chi connectivity index (χ2n) is 9.21. The maximum Gasteiger partial charge on any atom is 0.407 e. The minimum Gasteiger partial charge on any atom is -0.465 e. The molecule has 186 valence electrons. The molecule has 10 nitrogen and oxygen atoms in total. The third-order valence-corrected chi connectivity index (χ3v) is 8.49. The quantitative estimate of drug-likeness (QED) is 0.434. The van der Waals surface area contributed by atoms with Crippen LogP contribution in [0.25, 0.3) is 11.5 Å². The summed E-state index contributed by atoms with van der Waals surface area (Å²) in [4.78, 5) is 27.9. The standard InChI is InChI=1S/C23H27BrN6O4S/c1-12(2)15-7-13(4-6-30(15)23(31)32)3-5-29-10-26-20(25)19-21(29)28-22(27-19)35-18-9-17-16(8-14(18)24)33-11-34-17/h8-10,12-13,15H,3-7,11,25H2,1-2H3,(H,31,32)/t13-,15-/m0/s1. The average Bonchev–Trinajstić information content (AvgIpc) is 3.46. The van der Waals surface area contributed by atoms with E-state index in [4.69, 9.17) is 20.2 Å². The second-order valence-corrected chi connectivity index (χ2v) is 11.1. The van der Waals surface area contributed by atoms with Crippen LogP contribution < -0.4 is 15.2 Å². The highest BCUT2D eigenvalue weighted by molar-refractivity contribution is 9.10. The number of anilines is 1. The minimum absolute atomic E-state index is 0.0441. The molecular weight excluding hydrogens is 536 g/mol. The summed E-state index contributed by atoms with van der Waals surface area (Å²) >= 11 is 5.00. The normalized spacial score (nSPS) is 19.6. The van der Waals surface area contributed by atoms with Gasteiger partial charge in [0.2, 0.25) is 6.79 Å². The van der Waals surface area contributed by atoms with Crippen molar-refractivity contribution in [2.45, 2.75) is 55.7 Å². The van der Waals surface area contributed by atoms with Crippen LogP contribution in [0.4, 0.5) is 10.6 Å². The SMILES string of the molecule is CC(C)[C@@H]1C[C@@H](CCn2cnc(N)c3nc(Sc4cc5c(cc4Br)OCO5)nc2-3)CCN1C(=O)O. The van der Waals surface area contributed by atoms with Crippen LogP contribution in [-0.4, -0.2) is 55.0 Å². The van der Waals surface area contributed by atoms with Gasteiger partial charge in [-0.2, -0.15) is 0 Å². The molecule has 5 rings (SSSR count). The van der Waals surface area contributed by atoms with E-state index in [0.29, 0.717) is 53.0 Å². The number of fused-ring (bicyclic) bond motifs is 2. The van der Waals surface area contributed by atoms with Gasteiger partial charge in [0, 0.05) is 28.5 Å². The van der Waals surface area contributed by atoms with Gasteiger partial charge in [0.15, 0.2) is 34.0 Å². The molecule has 0 bridgehead atoms. The number of nitrogen functional groups attached to an aromatic ring is 1. The molecule has 12 heteroatoms. The molecule has 1 amide bonds. The lowest BCUT2D eigenvalue weighted by Gasteiger charge is -2.40. The summed E-state index contributed by atoms with van der Waals surface area (Å²) < 4.78 is 13.8. The van der Waals surface area contributed by atoms with Gasteiger partial charge in [0.25, 0.3) is 0 Å². The molecule has 3 N–H and O–H groups in total. The number of amides is 1. The van der Waals surface area contributed by atoms with Crippen molar-refractivity contribution < 1.29 is 19.4 Å². The van der Waals surface area contributed by atoms with E-state index in [2.05, 4.69) is 39.7 Å². The highest BCUT2D eigenvalue weighted by atomic mass is 79.9. The molecule has 0 spiro atoms. The summed E-state index contributed by atoms with van der Waals surface area (Å²) in [6, 6.07) is 3.83. The molecule has 2 atom stereocenters. The van der Waals surface area contributed by atoms with Crippen LogP contribution >= 0.6 is 27.7 Å². The summed E-state index contributed by atoms with van der Waals surface area (Å²) in [5.74, 6) is 3.14. The predicted octanol–water partition coefficient (Wildman–Crippen LogP) is 4.81. The molecule has 4 aliphatic heterocycles. The van der Waals surface area contributed by atoms with Crippen LogP contribution in [-0.2, 0) is 6.54 Å². The second kappa shape index (κ2) is 9.73. The lowest BCUT2D eigenvalue weighted by atomic mass is 9.84. The number of nitrogens with zero attached hydrogens (tertiary/aromatic N) is 5. The number of imidazole rings is 1. The van der Waals surface area contributed by atoms with Crippen molar-refractivity contribution in [1.82, 2.24) is 24.4 Å². The molecule has 0 unspecified atom stereocenters. The van der Waals surface area contributed by atoms with Crippen LogP contribution in [0.15, 0.2) is 33.0 Å². The lowest BCUT2D eigenvalue weighted by molar-refractivity contribution is 0.0682. The number of likely N-dealkylation sites (tertiary alicyclic amines) is 1. The topological polar surface area (TPSA) is 129 Å². The molecule has 1 aromatic rings. The first-order chi connectivity index (χ1) is 16.8. The first kappa shape index (κ1) is 24.0. The molecule has 1 fully saturated rings. The smallest absolute Gasteiger partial charge is 0.407 e. The summed E-state index contributed by atoms with van der Waals surface area (Å²) in [6.07, 6.45) is 3.51. The van der Waals surface area contributed by atoms with Crippen LogP contribution in [0.2, 0.25) is 0 Å². The number of carbonyl (C=O) groups is 1. The lowest BCUT2D eigenvalue weighted by Crippen LogP contribution is -2.48. The Kier molecular flexibility index (Phi) is 6.67. The van der Waals surface area contributed by atoms with Crippen molar-refractivity contribution in [1.29, 1.82) is 0 Å². The molecule has 4 aliphatic rings. The summed E-state index contributed by atoms with van der Waals surface area (Å²) in [7, 11) is 0. The Hall–Kier alpha value is -2.73. The molecule has 0 aliphatic carbocycles. The van der Waals surface area contributed by atoms with Gasteiger partial charge in [-0.05, 0) is 70.9 Å². The number of aromatic nitrogens is 4. The van der Waals surface area contributed by atoms with E-state index < -0.39 is 6.09 Å². The molecule has 0 radical (unpaired) electrons. The maximum absolute atomic E-state index is 11.6. The van der Waals surface area contributed by atoms with Crippen molar-refractivity contribution >= 4 is 39.6 Å². The Morgan fingerprint density at radius 3 is 2.83 bits per heavy atom. The Labute approximate surface area is 215 Å². The van der Waals surface area contributed by atoms with Gasteiger partial charge in [0.1, 0.15) is 0 Å². The number of nitrogens with two attached hydrogens (primary N) is 1. The first-order valence-corrected chi connectivity index (χ1v) is 13.2. The third-order valence-electron chi connectivity index (χ3n) is 6.65. The highest BCUT2D eigenvalue weighted by Gasteiger charge is 2.33. The largest absolute Gasteiger partial charge is 0.465 e. The van der Waals surface area contributed by atoms with Crippen LogP contribution in [0.3, 0.4) is 0 Å². The van der Waals surface area contributed by atoms with Crippen LogP contribution in [0, 0.1) is 11.8 Å². The first-order valence-electron chi connectivity index (χ1n) is 11.5. The number of ether oxygens (including phenoxy) is 2. The van der Waals surface area contributed by atoms with Gasteiger partial charge in [-0.1, -0.05) is 13.8 Å². The predicted molar refractivity (Wildman–Crippen MR) is 134 cm³/mol. The molecular formula is C23H27BrN6O4S. The number of hydrogen-bond donors (Lipinski definition) is 2. The van der Waals surface area contributed by atoms with Crippen LogP contribution in [0.1, 0.15) is 33.1 Å². The number of piperidine rings is 1. The molecule has 1 aromatic carbocycles. The van der Waals surface area contributed by atoms with E-state index in [1.807, 2.05) is 16.7 Å². The van der Waals surface area contributed by atoms with E-state index in [0.717, 1.165) is 28.6 Å². The van der Waals surface area contributed by atoms with Crippen molar-refractivity contribution in [2.24, 2.45) is 11.8 Å². The van der Waals surface area contributed by atoms with Crippen molar-refractivity contribution in [2.75, 3.05) is 19.1 Å². The number of benzene rings is 1. The zero-order valence-corrected chi connectivity index (χ0v) is 21.9. The van der Waals surface area contributed by atoms with Crippen molar-refractivity contribution in [3.63, 3.8) is 0 Å². The summed E-state index contributed by atoms with van der Waals surface area (Å²) in [5.41, 5.74) is 6.70. The number of aryl methyl sites for hydroxylation is 1. The zero-order valence-electron chi connectivity index (χ0n) is 19.5. The Balaban J connectivity index is 1.32. The zero-order chi connectivity index (χ0) is 24.7. The monoisotopic (exact) mass is 562 g/mol. The Morgan fingerprint density at radius 1 is 1.31 bits per heavy atom. The molecule has 0 aromatic heterocycles. The summed E-state index contributed by atoms with van der Waals surface area (Å²) in [5, 5.41) is 10.1. The maximum atomic E-state index is 11.6. The van der Waals surface area contributed by atoms with E-state index >= 15 is 0 Å². The van der Waals surface area contributed by atoms with Gasteiger partial charge >= 0.3 is 6.09 Å². The van der Waals surface area contributed by atoms with Gasteiger partial charge < -0.3 is 29.8 Å². The third kappa shape index (κ3) is 4.86. The van der Waals surface area contributed by atoms with Gasteiger partial charge in [0.05, 0.1) is 6.33 Å². The fourth-order valence-electron chi connectivity index (χ4n) is 4.75. The Bertz CT molecular complexity index is 1220. The fraction of sp³-hybridized carbons (Fsp3) is 0.478. The van der Waals surface area contributed by atoms with E-state index in [1.165, 1.54) is 11.8 Å². The van der Waals surface area contributed by atoms with Crippen molar-refractivity contribution in [3.05, 3.63) is 22.9 Å². The number of carboxylic acid groups (broad SMARTS) is 1. The van der Waals surface area contributed by atoms with Gasteiger partial charge in [-0.25, -0.2) is 19.7 Å². The molecule has 35 heavy (non-hydrogen) atoms. The fourth-order valence-corrected chi connectivity index (χ4v) is 6.10. The molecule has 4 heterocycles. The Morgan fingerprint density at radius 2 is 2.09 bits per heavy atom. The highest BCUT2D eigenvalue weighted by Crippen LogP contribution is 2.43. The van der Waals surface area contributed by atoms with Crippen LogP contribution in [0.5, 0.6) is 11.5 Å². The molecule has 1 saturated heterocycles. The number of halogens is 1. The van der Waals surface area contributed by atoms with Crippen molar-refractivity contribution in [3.8, 4) is 23.0 Å². The molecule has 0 saturated carbocycles. The van der Waals surface area contributed by atoms with E-state index in [1.54, 1.807) is 11.2 Å². The number of hydrogen-bond acceptors (Lipinski definition) is 8. The van der Waals surface area contributed by atoms with E-state index in [9.17, 15) is 9.90 Å². The van der Waals surface area contributed by atoms with Gasteiger partial charge in [-0.3, -0.25) is 0 Å². The summed E-state index contributed by atoms with van der Waals surface area (Å²) in [6.45, 7) is 5.67. The average molecular weight is 563 g/mol. The van der Waals surface area contributed by atoms with E-state index in [-0.39, 0.29) is 18.8 Å². The van der Waals surface area contributed by atoms with Gasteiger partial charge in [-0.15, -0.1) is 0 Å². The number of rotatable bonds is 6.